The molecule has 0 aromatic heterocycles. The van der Waals surface area contributed by atoms with Crippen LogP contribution in [0, 0.1) is 0 Å². The van der Waals surface area contributed by atoms with E-state index in [0.29, 0.717) is 6.04 Å². The van der Waals surface area contributed by atoms with E-state index in [0.717, 1.165) is 13.0 Å². The second-order valence-corrected chi connectivity index (χ2v) is 4.44. The third kappa shape index (κ3) is 3.80. The predicted molar refractivity (Wildman–Crippen MR) is 61.6 cm³/mol. The average molecular weight is 213 g/mol. The molecule has 0 aromatic rings. The van der Waals surface area contributed by atoms with Gasteiger partial charge >= 0.3 is 0 Å². The molecule has 0 radical (unpaired) electrons. The molecule has 0 aliphatic carbocycles. The lowest BCUT2D eigenvalue weighted by molar-refractivity contribution is -0.128. The summed E-state index contributed by atoms with van der Waals surface area (Å²) in [6.45, 7) is 2.14. The minimum atomic E-state index is 0.0356. The minimum absolute atomic E-state index is 0.0356. The summed E-state index contributed by atoms with van der Waals surface area (Å²) in [5.41, 5.74) is 5.31. The van der Waals surface area contributed by atoms with Crippen molar-refractivity contribution < 1.29 is 4.79 Å². The average Bonchev–Trinajstić information content (AvgIpc) is 2.26. The Morgan fingerprint density at radius 1 is 1.53 bits per heavy atom. The molecule has 88 valence electrons. The Labute approximate surface area is 92.4 Å². The molecular weight excluding hydrogens is 190 g/mol. The van der Waals surface area contributed by atoms with Gasteiger partial charge in [0.05, 0.1) is 6.54 Å². The van der Waals surface area contributed by atoms with Crippen LogP contribution in [0.3, 0.4) is 0 Å². The van der Waals surface area contributed by atoms with E-state index in [1.165, 1.54) is 25.8 Å². The number of likely N-dealkylation sites (tertiary alicyclic amines) is 1. The molecule has 0 aromatic carbocycles. The molecule has 0 bridgehead atoms. The largest absolute Gasteiger partial charge is 0.345 e. The molecule has 0 saturated carbocycles. The Hall–Kier alpha value is -0.610. The monoisotopic (exact) mass is 213 g/mol. The van der Waals surface area contributed by atoms with E-state index in [4.69, 9.17) is 5.73 Å². The quantitative estimate of drug-likeness (QED) is 0.729. The summed E-state index contributed by atoms with van der Waals surface area (Å²) in [4.78, 5) is 15.4. The fourth-order valence-electron chi connectivity index (χ4n) is 2.13. The second kappa shape index (κ2) is 6.08. The smallest absolute Gasteiger partial charge is 0.236 e. The molecule has 2 N–H and O–H groups in total. The maximum atomic E-state index is 11.3. The fourth-order valence-corrected chi connectivity index (χ4v) is 2.13. The van der Waals surface area contributed by atoms with Crippen LogP contribution >= 0.6 is 0 Å². The molecule has 1 amide bonds. The molecule has 1 aliphatic heterocycles. The predicted octanol–water partition coefficient (Wildman–Crippen LogP) is 0.278. The lowest BCUT2D eigenvalue weighted by Gasteiger charge is -2.33. The van der Waals surface area contributed by atoms with Crippen molar-refractivity contribution in [2.24, 2.45) is 5.73 Å². The molecule has 1 aliphatic rings. The number of hydrogen-bond donors (Lipinski definition) is 1. The third-order valence-corrected chi connectivity index (χ3v) is 3.32. The van der Waals surface area contributed by atoms with Crippen LogP contribution in [0.5, 0.6) is 0 Å². The Balaban J connectivity index is 2.26. The first-order valence-electron chi connectivity index (χ1n) is 5.79. The highest BCUT2D eigenvalue weighted by molar-refractivity contribution is 5.77. The van der Waals surface area contributed by atoms with Crippen LogP contribution in [0.1, 0.15) is 25.7 Å². The highest BCUT2D eigenvalue weighted by atomic mass is 16.2. The van der Waals surface area contributed by atoms with Crippen molar-refractivity contribution in [1.82, 2.24) is 9.80 Å². The van der Waals surface area contributed by atoms with Crippen LogP contribution in [0.4, 0.5) is 0 Å². The summed E-state index contributed by atoms with van der Waals surface area (Å²) in [7, 11) is 4.01. The number of carbonyl (C=O) groups excluding carboxylic acids is 1. The lowest BCUT2D eigenvalue weighted by Crippen LogP contribution is -2.40. The zero-order chi connectivity index (χ0) is 11.3. The molecule has 1 saturated heterocycles. The zero-order valence-electron chi connectivity index (χ0n) is 9.91. The van der Waals surface area contributed by atoms with Crippen molar-refractivity contribution in [3.05, 3.63) is 0 Å². The van der Waals surface area contributed by atoms with Gasteiger partial charge < -0.3 is 15.5 Å². The summed E-state index contributed by atoms with van der Waals surface area (Å²) in [6, 6.07) is 0.645. The Kier molecular flexibility index (Phi) is 5.05. The van der Waals surface area contributed by atoms with E-state index in [1.54, 1.807) is 4.90 Å². The highest BCUT2D eigenvalue weighted by Crippen LogP contribution is 2.17. The first-order chi connectivity index (χ1) is 7.15. The third-order valence-electron chi connectivity index (χ3n) is 3.32. The van der Waals surface area contributed by atoms with Crippen LogP contribution in [0.25, 0.3) is 0 Å². The number of piperidine rings is 1. The molecule has 4 nitrogen and oxygen atoms in total. The van der Waals surface area contributed by atoms with Crippen LogP contribution < -0.4 is 5.73 Å². The van der Waals surface area contributed by atoms with Crippen molar-refractivity contribution in [2.75, 3.05) is 33.7 Å². The number of rotatable bonds is 4. The van der Waals surface area contributed by atoms with E-state index < -0.39 is 0 Å². The van der Waals surface area contributed by atoms with Gasteiger partial charge in [-0.3, -0.25) is 4.79 Å². The topological polar surface area (TPSA) is 49.6 Å². The van der Waals surface area contributed by atoms with Crippen molar-refractivity contribution in [3.63, 3.8) is 0 Å². The van der Waals surface area contributed by atoms with Crippen molar-refractivity contribution in [3.8, 4) is 0 Å². The van der Waals surface area contributed by atoms with Gasteiger partial charge in [0, 0.05) is 19.6 Å². The maximum absolute atomic E-state index is 11.3. The molecular formula is C11H23N3O. The summed E-state index contributed by atoms with van der Waals surface area (Å²) in [5.74, 6) is 0.0356. The normalized spacial score (nSPS) is 22.7. The lowest BCUT2D eigenvalue weighted by atomic mass is 10.00. The highest BCUT2D eigenvalue weighted by Gasteiger charge is 2.19. The second-order valence-electron chi connectivity index (χ2n) is 4.44. The summed E-state index contributed by atoms with van der Waals surface area (Å²) < 4.78 is 0. The molecule has 1 heterocycles. The number of hydrogen-bond acceptors (Lipinski definition) is 3. The Bertz CT molecular complexity index is 208. The summed E-state index contributed by atoms with van der Waals surface area (Å²) in [6.07, 6.45) is 4.97. The molecule has 1 rings (SSSR count). The van der Waals surface area contributed by atoms with E-state index in [1.807, 2.05) is 7.05 Å². The van der Waals surface area contributed by atoms with Gasteiger partial charge in [-0.1, -0.05) is 6.42 Å². The molecule has 0 spiro atoms. The van der Waals surface area contributed by atoms with Crippen molar-refractivity contribution >= 4 is 5.91 Å². The SMILES string of the molecule is CN(CCC1CCCCN1C)C(=O)CN. The molecule has 1 atom stereocenters. The fraction of sp³-hybridized carbons (Fsp3) is 0.909. The molecule has 1 unspecified atom stereocenters. The summed E-state index contributed by atoms with van der Waals surface area (Å²) >= 11 is 0. The van der Waals surface area contributed by atoms with Gasteiger partial charge in [-0.25, -0.2) is 0 Å². The van der Waals surface area contributed by atoms with Crippen LogP contribution in [-0.4, -0.2) is 55.5 Å². The van der Waals surface area contributed by atoms with Crippen molar-refractivity contribution in [1.29, 1.82) is 0 Å². The van der Waals surface area contributed by atoms with Gasteiger partial charge in [0.25, 0.3) is 0 Å². The first kappa shape index (κ1) is 12.5. The van der Waals surface area contributed by atoms with E-state index >= 15 is 0 Å². The minimum Gasteiger partial charge on any atom is -0.345 e. The zero-order valence-corrected chi connectivity index (χ0v) is 9.91. The van der Waals surface area contributed by atoms with E-state index in [9.17, 15) is 4.79 Å². The standard InChI is InChI=1S/C11H23N3O/c1-13-7-4-3-5-10(13)6-8-14(2)11(15)9-12/h10H,3-9,12H2,1-2H3. The van der Waals surface area contributed by atoms with E-state index in [2.05, 4.69) is 11.9 Å². The number of carbonyl (C=O) groups is 1. The van der Waals surface area contributed by atoms with Gasteiger partial charge in [-0.15, -0.1) is 0 Å². The first-order valence-corrected chi connectivity index (χ1v) is 5.79. The molecule has 15 heavy (non-hydrogen) atoms. The van der Waals surface area contributed by atoms with Crippen LogP contribution in [0.15, 0.2) is 0 Å². The van der Waals surface area contributed by atoms with Crippen LogP contribution in [0.2, 0.25) is 0 Å². The number of nitrogens with two attached hydrogens (primary N) is 1. The number of amides is 1. The van der Waals surface area contributed by atoms with Gasteiger partial charge in [-0.2, -0.15) is 0 Å². The van der Waals surface area contributed by atoms with E-state index in [-0.39, 0.29) is 12.5 Å². The Morgan fingerprint density at radius 2 is 2.27 bits per heavy atom. The Morgan fingerprint density at radius 3 is 2.87 bits per heavy atom. The molecule has 1 fully saturated rings. The number of likely N-dealkylation sites (N-methyl/N-ethyl adjacent to an activating group) is 1. The maximum Gasteiger partial charge on any atom is 0.236 e. The van der Waals surface area contributed by atoms with Crippen LogP contribution in [-0.2, 0) is 4.79 Å². The van der Waals surface area contributed by atoms with Crippen molar-refractivity contribution in [2.45, 2.75) is 31.7 Å². The van der Waals surface area contributed by atoms with Gasteiger partial charge in [0.2, 0.25) is 5.91 Å². The number of nitrogens with zero attached hydrogens (tertiary/aromatic N) is 2. The van der Waals surface area contributed by atoms with Gasteiger partial charge in [0.1, 0.15) is 0 Å². The summed E-state index contributed by atoms with van der Waals surface area (Å²) in [5, 5.41) is 0. The molecule has 4 heteroatoms. The van der Waals surface area contributed by atoms with Gasteiger partial charge in [-0.05, 0) is 32.9 Å². The van der Waals surface area contributed by atoms with Gasteiger partial charge in [0.15, 0.2) is 0 Å².